The predicted octanol–water partition coefficient (Wildman–Crippen LogP) is 4.02. The summed E-state index contributed by atoms with van der Waals surface area (Å²) in [6.45, 7) is 12.9. The Balaban J connectivity index is 1.41. The molecule has 1 amide bonds. The number of morpholine rings is 1. The molecule has 45 heavy (non-hydrogen) atoms. The van der Waals surface area contributed by atoms with Crippen LogP contribution < -0.4 is 4.90 Å². The van der Waals surface area contributed by atoms with Gasteiger partial charge in [-0.1, -0.05) is 18.2 Å². The third kappa shape index (κ3) is 7.60. The topological polar surface area (TPSA) is 133 Å². The van der Waals surface area contributed by atoms with Crippen molar-refractivity contribution in [3.05, 3.63) is 59.4 Å². The molecule has 2 aromatic carbocycles. The van der Waals surface area contributed by atoms with E-state index in [0.29, 0.717) is 62.5 Å². The number of hydrogen-bond donors (Lipinski definition) is 1. The van der Waals surface area contributed by atoms with Gasteiger partial charge in [0.15, 0.2) is 0 Å². The number of carbonyl (C=O) groups is 2. The van der Waals surface area contributed by atoms with Crippen LogP contribution in [0.3, 0.4) is 0 Å². The molecule has 2 aliphatic rings. The van der Waals surface area contributed by atoms with Crippen molar-refractivity contribution in [2.45, 2.75) is 44.7 Å². The zero-order valence-corrected chi connectivity index (χ0v) is 27.1. The number of benzene rings is 2. The van der Waals surface area contributed by atoms with E-state index < -0.39 is 21.6 Å². The van der Waals surface area contributed by atoms with Gasteiger partial charge in [-0.05, 0) is 57.5 Å². The van der Waals surface area contributed by atoms with Gasteiger partial charge in [0.25, 0.3) is 0 Å². The SMILES string of the molecule is Cc1c(C(=O)O)oc2ccc(S(=O)(=O)N(CCN3CCOCC3)Cc3ccccc3N3CCN(C(=O)OC(C)(C)C)CC3)cc12. The number of ether oxygens (including phenoxy) is 2. The molecule has 0 atom stereocenters. The predicted molar refractivity (Wildman–Crippen MR) is 169 cm³/mol. The standard InChI is InChI=1S/C32H42N4O8S/c1-23-26-21-25(9-10-28(26)43-29(23)30(37)38)45(40,41)36(16-11-33-17-19-42-20-18-33)22-24-7-5-6-8-27(24)34-12-14-35(15-13-34)31(39)44-32(2,3)4/h5-10,21H,11-20,22H2,1-4H3,(H,37,38). The minimum atomic E-state index is -4.01. The zero-order chi connectivity index (χ0) is 32.4. The number of carboxylic acids is 1. The number of furan rings is 1. The maximum atomic E-state index is 14.3. The second kappa shape index (κ2) is 13.4. The van der Waals surface area contributed by atoms with Crippen LogP contribution in [0.4, 0.5) is 10.5 Å². The normalized spacial score (nSPS) is 16.8. The molecule has 13 heteroatoms. The summed E-state index contributed by atoms with van der Waals surface area (Å²) < 4.78 is 46.6. The molecule has 0 spiro atoms. The summed E-state index contributed by atoms with van der Waals surface area (Å²) in [6, 6.07) is 12.2. The molecular weight excluding hydrogens is 600 g/mol. The van der Waals surface area contributed by atoms with Crippen LogP contribution in [0, 0.1) is 6.92 Å². The minimum Gasteiger partial charge on any atom is -0.475 e. The average Bonchev–Trinajstić information content (AvgIpc) is 3.35. The number of para-hydroxylation sites is 1. The van der Waals surface area contributed by atoms with E-state index in [4.69, 9.17) is 13.9 Å². The van der Waals surface area contributed by atoms with Crippen LogP contribution in [0.5, 0.6) is 0 Å². The Hall–Kier alpha value is -3.65. The number of carbonyl (C=O) groups excluding carboxylic acids is 1. The fourth-order valence-corrected chi connectivity index (χ4v) is 7.11. The summed E-state index contributed by atoms with van der Waals surface area (Å²) in [5, 5.41) is 9.95. The lowest BCUT2D eigenvalue weighted by Crippen LogP contribution is -2.50. The third-order valence-corrected chi connectivity index (χ3v) is 9.96. The van der Waals surface area contributed by atoms with Gasteiger partial charge in [-0.15, -0.1) is 0 Å². The van der Waals surface area contributed by atoms with E-state index in [1.165, 1.54) is 22.5 Å². The van der Waals surface area contributed by atoms with Gasteiger partial charge >= 0.3 is 12.1 Å². The quantitative estimate of drug-likeness (QED) is 0.365. The Bertz CT molecular complexity index is 1630. The van der Waals surface area contributed by atoms with Crippen molar-refractivity contribution < 1.29 is 37.0 Å². The Morgan fingerprint density at radius 1 is 1.00 bits per heavy atom. The number of hydrogen-bond acceptors (Lipinski definition) is 9. The molecule has 0 bridgehead atoms. The molecule has 0 aliphatic carbocycles. The number of piperazine rings is 1. The largest absolute Gasteiger partial charge is 0.475 e. The Morgan fingerprint density at radius 2 is 1.69 bits per heavy atom. The van der Waals surface area contributed by atoms with E-state index >= 15 is 0 Å². The molecule has 1 aromatic heterocycles. The monoisotopic (exact) mass is 642 g/mol. The van der Waals surface area contributed by atoms with Crippen molar-refractivity contribution in [3.8, 4) is 0 Å². The number of sulfonamides is 1. The number of carboxylic acid groups (broad SMARTS) is 1. The molecule has 2 saturated heterocycles. The van der Waals surface area contributed by atoms with Gasteiger partial charge < -0.3 is 28.8 Å². The van der Waals surface area contributed by atoms with Gasteiger partial charge in [-0.25, -0.2) is 18.0 Å². The van der Waals surface area contributed by atoms with Crippen molar-refractivity contribution in [2.75, 3.05) is 70.5 Å². The fourth-order valence-electron chi connectivity index (χ4n) is 5.67. The van der Waals surface area contributed by atoms with E-state index in [2.05, 4.69) is 9.80 Å². The van der Waals surface area contributed by atoms with Crippen LogP contribution in [0.2, 0.25) is 0 Å². The van der Waals surface area contributed by atoms with Crippen LogP contribution in [-0.4, -0.2) is 111 Å². The molecule has 5 rings (SSSR count). The molecule has 3 aromatic rings. The van der Waals surface area contributed by atoms with Crippen molar-refractivity contribution in [2.24, 2.45) is 0 Å². The van der Waals surface area contributed by atoms with Crippen LogP contribution in [0.15, 0.2) is 51.8 Å². The lowest BCUT2D eigenvalue weighted by molar-refractivity contribution is 0.0240. The van der Waals surface area contributed by atoms with E-state index in [1.54, 1.807) is 11.8 Å². The van der Waals surface area contributed by atoms with Crippen LogP contribution in [-0.2, 0) is 26.0 Å². The van der Waals surface area contributed by atoms with Crippen LogP contribution in [0.25, 0.3) is 11.0 Å². The molecule has 2 fully saturated rings. The van der Waals surface area contributed by atoms with Gasteiger partial charge in [0.05, 0.1) is 18.1 Å². The van der Waals surface area contributed by atoms with E-state index in [-0.39, 0.29) is 29.8 Å². The van der Waals surface area contributed by atoms with Crippen molar-refractivity contribution in [1.29, 1.82) is 0 Å². The lowest BCUT2D eigenvalue weighted by atomic mass is 10.1. The first kappa shape index (κ1) is 32.7. The van der Waals surface area contributed by atoms with Gasteiger partial charge in [-0.2, -0.15) is 4.31 Å². The number of amides is 1. The summed E-state index contributed by atoms with van der Waals surface area (Å²) in [7, 11) is -4.01. The maximum Gasteiger partial charge on any atom is 0.410 e. The second-order valence-electron chi connectivity index (χ2n) is 12.4. The molecule has 2 aliphatic heterocycles. The van der Waals surface area contributed by atoms with Gasteiger partial charge in [0.1, 0.15) is 11.2 Å². The number of anilines is 1. The molecule has 1 N–H and O–H groups in total. The molecule has 0 unspecified atom stereocenters. The highest BCUT2D eigenvalue weighted by Crippen LogP contribution is 2.31. The molecule has 0 radical (unpaired) electrons. The summed E-state index contributed by atoms with van der Waals surface area (Å²) in [6.07, 6.45) is -0.337. The number of nitrogens with zero attached hydrogens (tertiary/aromatic N) is 4. The first-order chi connectivity index (χ1) is 21.3. The second-order valence-corrected chi connectivity index (χ2v) is 14.3. The van der Waals surface area contributed by atoms with Crippen LogP contribution >= 0.6 is 0 Å². The fraction of sp³-hybridized carbons (Fsp3) is 0.500. The number of aromatic carboxylic acids is 1. The summed E-state index contributed by atoms with van der Waals surface area (Å²) in [4.78, 5) is 30.4. The Morgan fingerprint density at radius 3 is 2.36 bits per heavy atom. The van der Waals surface area contributed by atoms with Crippen molar-refractivity contribution in [1.82, 2.24) is 14.1 Å². The first-order valence-corrected chi connectivity index (χ1v) is 16.6. The first-order valence-electron chi connectivity index (χ1n) is 15.2. The highest BCUT2D eigenvalue weighted by atomic mass is 32.2. The summed E-state index contributed by atoms with van der Waals surface area (Å²) in [5.74, 6) is -1.41. The van der Waals surface area contributed by atoms with Gasteiger partial charge in [0.2, 0.25) is 15.8 Å². The van der Waals surface area contributed by atoms with Crippen LogP contribution in [0.1, 0.15) is 42.5 Å². The summed E-state index contributed by atoms with van der Waals surface area (Å²) in [5.41, 5.74) is 1.89. The molecular formula is C32H42N4O8S. The molecule has 0 saturated carbocycles. The summed E-state index contributed by atoms with van der Waals surface area (Å²) >= 11 is 0. The highest BCUT2D eigenvalue weighted by Gasteiger charge is 2.30. The van der Waals surface area contributed by atoms with Crippen molar-refractivity contribution in [3.63, 3.8) is 0 Å². The number of rotatable bonds is 9. The van der Waals surface area contributed by atoms with Gasteiger partial charge in [0, 0.05) is 75.5 Å². The van der Waals surface area contributed by atoms with E-state index in [9.17, 15) is 23.1 Å². The number of fused-ring (bicyclic) bond motifs is 1. The van der Waals surface area contributed by atoms with E-state index in [0.717, 1.165) is 24.3 Å². The van der Waals surface area contributed by atoms with Gasteiger partial charge in [-0.3, -0.25) is 4.90 Å². The third-order valence-electron chi connectivity index (χ3n) is 8.12. The van der Waals surface area contributed by atoms with Crippen molar-refractivity contribution >= 4 is 38.7 Å². The Labute approximate surface area is 264 Å². The Kier molecular flexibility index (Phi) is 9.73. The highest BCUT2D eigenvalue weighted by molar-refractivity contribution is 7.89. The average molecular weight is 643 g/mol. The lowest BCUT2D eigenvalue weighted by Gasteiger charge is -2.38. The minimum absolute atomic E-state index is 0.0706. The van der Waals surface area contributed by atoms with E-state index in [1.807, 2.05) is 45.0 Å². The number of aryl methyl sites for hydroxylation is 1. The molecule has 3 heterocycles. The zero-order valence-electron chi connectivity index (χ0n) is 26.3. The maximum absolute atomic E-state index is 14.3. The molecule has 244 valence electrons. The molecule has 12 nitrogen and oxygen atoms in total. The smallest absolute Gasteiger partial charge is 0.410 e.